The number of fused-ring (bicyclic) bond motifs is 2. The summed E-state index contributed by atoms with van der Waals surface area (Å²) in [4.78, 5) is 0. The van der Waals surface area contributed by atoms with Crippen molar-refractivity contribution in [1.29, 1.82) is 0 Å². The largest absolute Gasteiger partial charge is 0.0961 e. The Morgan fingerprint density at radius 1 is 0.792 bits per heavy atom. The van der Waals surface area contributed by atoms with Crippen LogP contribution in [-0.4, -0.2) is 0 Å². The molecule has 1 spiro atoms. The lowest BCUT2D eigenvalue weighted by Crippen LogP contribution is -2.23. The molecule has 2 aromatic rings. The number of benzene rings is 2. The minimum Gasteiger partial charge on any atom is -0.0961 e. The second-order valence-corrected chi connectivity index (χ2v) is 18.1. The number of hydrogen-bond acceptors (Lipinski definition) is 0. The molecule has 0 saturated heterocycles. The van der Waals surface area contributed by atoms with E-state index in [-0.39, 0.29) is 5.41 Å². The maximum absolute atomic E-state index is 4.11. The van der Waals surface area contributed by atoms with Crippen molar-refractivity contribution in [3.63, 3.8) is 0 Å². The summed E-state index contributed by atoms with van der Waals surface area (Å²) in [5.74, 6) is 0.742. The van der Waals surface area contributed by atoms with Gasteiger partial charge in [-0.15, -0.1) is 0 Å². The molecule has 0 nitrogen and oxygen atoms in total. The number of aryl methyl sites for hydroxylation is 2. The first-order chi connectivity index (χ1) is 25.2. The summed E-state index contributed by atoms with van der Waals surface area (Å²) in [7, 11) is 0. The summed E-state index contributed by atoms with van der Waals surface area (Å²) >= 11 is 0. The van der Waals surface area contributed by atoms with E-state index in [2.05, 4.69) is 155 Å². The van der Waals surface area contributed by atoms with Crippen LogP contribution in [0, 0.1) is 30.6 Å². The van der Waals surface area contributed by atoms with E-state index in [0.717, 1.165) is 50.0 Å². The number of rotatable bonds is 15. The molecular weight excluding hydrogens is 637 g/mol. The van der Waals surface area contributed by atoms with Crippen molar-refractivity contribution >= 4 is 24.3 Å². The van der Waals surface area contributed by atoms with Gasteiger partial charge < -0.3 is 0 Å². The van der Waals surface area contributed by atoms with Crippen LogP contribution in [0.2, 0.25) is 0 Å². The molecular formula is C53H70. The van der Waals surface area contributed by atoms with Crippen molar-refractivity contribution in [2.75, 3.05) is 0 Å². The van der Waals surface area contributed by atoms with Gasteiger partial charge in [-0.05, 0) is 205 Å². The highest BCUT2D eigenvalue weighted by Crippen LogP contribution is 2.58. The Kier molecular flexibility index (Phi) is 13.5. The molecule has 2 atom stereocenters. The van der Waals surface area contributed by atoms with Crippen molar-refractivity contribution in [3.8, 4) is 0 Å². The highest BCUT2D eigenvalue weighted by atomic mass is 14.5. The molecule has 3 aliphatic rings. The van der Waals surface area contributed by atoms with Crippen LogP contribution in [0.1, 0.15) is 162 Å². The van der Waals surface area contributed by atoms with Gasteiger partial charge >= 0.3 is 0 Å². The lowest BCUT2D eigenvalue weighted by molar-refractivity contribution is 0.242. The molecule has 0 radical (unpaired) electrons. The lowest BCUT2D eigenvalue weighted by Gasteiger charge is -2.33. The summed E-state index contributed by atoms with van der Waals surface area (Å²) in [6, 6.07) is 4.93. The maximum Gasteiger partial charge on any atom is -0.00663 e. The predicted octanol–water partition coefficient (Wildman–Crippen LogP) is 15.5. The fourth-order valence-corrected chi connectivity index (χ4v) is 9.89. The van der Waals surface area contributed by atoms with Gasteiger partial charge in [-0.2, -0.15) is 0 Å². The quantitative estimate of drug-likeness (QED) is 0.128. The fraction of sp³-hybridized carbons (Fsp3) is 0.472. The van der Waals surface area contributed by atoms with Gasteiger partial charge in [0, 0.05) is 0 Å². The van der Waals surface area contributed by atoms with Gasteiger partial charge in [-0.3, -0.25) is 0 Å². The monoisotopic (exact) mass is 707 g/mol. The Hall–Kier alpha value is -3.64. The van der Waals surface area contributed by atoms with Crippen LogP contribution in [0.5, 0.6) is 0 Å². The molecule has 2 aromatic carbocycles. The maximum atomic E-state index is 4.11. The molecule has 1 fully saturated rings. The van der Waals surface area contributed by atoms with E-state index >= 15 is 0 Å². The van der Waals surface area contributed by atoms with E-state index in [1.807, 2.05) is 0 Å². The van der Waals surface area contributed by atoms with Crippen LogP contribution in [0.4, 0.5) is 0 Å². The van der Waals surface area contributed by atoms with E-state index < -0.39 is 0 Å². The average molecular weight is 707 g/mol. The Labute approximate surface area is 325 Å². The second kappa shape index (κ2) is 17.7. The topological polar surface area (TPSA) is 0 Å². The molecule has 0 aliphatic heterocycles. The average Bonchev–Trinajstić information content (AvgIpc) is 3.64. The highest BCUT2D eigenvalue weighted by molar-refractivity contribution is 5.74. The third kappa shape index (κ3) is 10.1. The van der Waals surface area contributed by atoms with Gasteiger partial charge in [-0.1, -0.05) is 122 Å². The van der Waals surface area contributed by atoms with Gasteiger partial charge in [0.15, 0.2) is 0 Å². The van der Waals surface area contributed by atoms with Crippen molar-refractivity contribution in [2.45, 2.75) is 146 Å². The smallest absolute Gasteiger partial charge is 0.00663 e. The molecule has 53 heavy (non-hydrogen) atoms. The molecule has 0 heteroatoms. The highest BCUT2D eigenvalue weighted by Gasteiger charge is 2.49. The molecule has 0 aromatic heterocycles. The molecule has 0 N–H and O–H groups in total. The van der Waals surface area contributed by atoms with Crippen molar-refractivity contribution in [3.05, 3.63) is 139 Å². The number of allylic oxidation sites excluding steroid dienone is 11. The van der Waals surface area contributed by atoms with Gasteiger partial charge in [-0.25, -0.2) is 0 Å². The zero-order valence-corrected chi connectivity index (χ0v) is 35.3. The van der Waals surface area contributed by atoms with E-state index in [1.165, 1.54) is 88.6 Å². The third-order valence-corrected chi connectivity index (χ3v) is 12.6. The molecule has 282 valence electrons. The molecule has 5 rings (SSSR count). The van der Waals surface area contributed by atoms with E-state index in [1.54, 1.807) is 22.3 Å². The molecule has 2 unspecified atom stereocenters. The first-order valence-corrected chi connectivity index (χ1v) is 20.8. The zero-order chi connectivity index (χ0) is 38.3. The SMILES string of the molecule is C=C(C)/C=C\c1c(C)cc(C)c(/C=C\C)c1CC/C=C(\C)CCC1CC2(C=Cc3c(cc4c(c3CC/C=C(\C)CCC=C(C)C)C=CC4)C2)CC1(C)C. The van der Waals surface area contributed by atoms with Gasteiger partial charge in [0.2, 0.25) is 0 Å². The van der Waals surface area contributed by atoms with Crippen molar-refractivity contribution in [1.82, 2.24) is 0 Å². The molecule has 1 saturated carbocycles. The minimum absolute atomic E-state index is 0.289. The molecule has 0 bridgehead atoms. The van der Waals surface area contributed by atoms with E-state index in [0.29, 0.717) is 5.41 Å². The Bertz CT molecular complexity index is 1880. The summed E-state index contributed by atoms with van der Waals surface area (Å²) in [5.41, 5.74) is 21.0. The minimum atomic E-state index is 0.289. The summed E-state index contributed by atoms with van der Waals surface area (Å²) in [6.07, 6.45) is 40.5. The van der Waals surface area contributed by atoms with Crippen LogP contribution in [0.15, 0.2) is 83.5 Å². The standard InChI is InChI=1S/C53H70/c1-12-17-46-41(8)32-42(9)47(29-26-38(4)5)50(46)24-15-21-40(7)27-28-45-35-53(36-52(45,10)11)31-30-49-44(34-53)33-43-22-16-23-48(43)51(49)25-14-20-39(6)19-13-18-37(2)3/h12,16-18,20-21,23,26,29-33,45H,4,13-15,19,22,24-25,27-28,34-36H2,1-3,5-11H3/b17-12-,29-26-,39-20+,40-21+. The first kappa shape index (κ1) is 40.5. The summed E-state index contributed by atoms with van der Waals surface area (Å²) < 4.78 is 0. The zero-order valence-electron chi connectivity index (χ0n) is 35.3. The van der Waals surface area contributed by atoms with Gasteiger partial charge in [0.1, 0.15) is 0 Å². The third-order valence-electron chi connectivity index (χ3n) is 12.6. The Balaban J connectivity index is 1.25. The molecule has 3 aliphatic carbocycles. The van der Waals surface area contributed by atoms with Crippen molar-refractivity contribution < 1.29 is 0 Å². The van der Waals surface area contributed by atoms with Crippen LogP contribution in [0.3, 0.4) is 0 Å². The lowest BCUT2D eigenvalue weighted by atomic mass is 9.71. The van der Waals surface area contributed by atoms with Crippen LogP contribution < -0.4 is 0 Å². The van der Waals surface area contributed by atoms with Crippen LogP contribution in [-0.2, 0) is 25.7 Å². The normalized spacial score (nSPS) is 20.6. The van der Waals surface area contributed by atoms with Crippen LogP contribution >= 0.6 is 0 Å². The van der Waals surface area contributed by atoms with Gasteiger partial charge in [0.05, 0.1) is 0 Å². The number of hydrogen-bond donors (Lipinski definition) is 0. The Morgan fingerprint density at radius 3 is 2.13 bits per heavy atom. The van der Waals surface area contributed by atoms with Gasteiger partial charge in [0.25, 0.3) is 0 Å². The Morgan fingerprint density at radius 2 is 1.45 bits per heavy atom. The second-order valence-electron chi connectivity index (χ2n) is 18.1. The predicted molar refractivity (Wildman–Crippen MR) is 237 cm³/mol. The van der Waals surface area contributed by atoms with E-state index in [4.69, 9.17) is 0 Å². The van der Waals surface area contributed by atoms with E-state index in [9.17, 15) is 0 Å². The summed E-state index contributed by atoms with van der Waals surface area (Å²) in [6.45, 7) is 27.0. The van der Waals surface area contributed by atoms with Crippen LogP contribution in [0.25, 0.3) is 24.3 Å². The molecule has 0 heterocycles. The first-order valence-electron chi connectivity index (χ1n) is 20.8. The van der Waals surface area contributed by atoms with Crippen molar-refractivity contribution in [2.24, 2.45) is 16.7 Å². The summed E-state index contributed by atoms with van der Waals surface area (Å²) in [5, 5.41) is 0. The molecule has 0 amide bonds. The fourth-order valence-electron chi connectivity index (χ4n) is 9.89.